The molecule has 0 aliphatic heterocycles. The summed E-state index contributed by atoms with van der Waals surface area (Å²) in [6, 6.07) is 0. The topological polar surface area (TPSA) is 78.9 Å². The molecule has 6 heteroatoms. The van der Waals surface area contributed by atoms with E-state index in [9.17, 15) is 14.4 Å². The van der Waals surface area contributed by atoms with Crippen molar-refractivity contribution in [3.63, 3.8) is 0 Å². The van der Waals surface area contributed by atoms with Crippen molar-refractivity contribution in [1.29, 1.82) is 0 Å². The molecule has 314 valence electrons. The Hall–Kier alpha value is -3.15. The quantitative estimate of drug-likeness (QED) is 0.0204. The van der Waals surface area contributed by atoms with Crippen LogP contribution in [0.3, 0.4) is 0 Å². The normalized spacial score (nSPS) is 12.7. The number of hydrogen-bond donors (Lipinski definition) is 0. The fourth-order valence-electron chi connectivity index (χ4n) is 5.87. The molecule has 0 amide bonds. The fourth-order valence-corrected chi connectivity index (χ4v) is 5.87. The molecule has 0 saturated heterocycles. The molecule has 0 fully saturated rings. The van der Waals surface area contributed by atoms with Gasteiger partial charge >= 0.3 is 17.9 Å². The third-order valence-corrected chi connectivity index (χ3v) is 9.24. The molecule has 0 radical (unpaired) electrons. The number of rotatable bonds is 39. The van der Waals surface area contributed by atoms with Crippen LogP contribution in [0.15, 0.2) is 72.9 Å². The Morgan fingerprint density at radius 3 is 1.31 bits per heavy atom. The third-order valence-electron chi connectivity index (χ3n) is 9.24. The van der Waals surface area contributed by atoms with Gasteiger partial charge in [0.2, 0.25) is 0 Å². The Bertz CT molecular complexity index is 1070. The summed E-state index contributed by atoms with van der Waals surface area (Å²) in [5.74, 6) is -0.939. The molecule has 0 spiro atoms. The molecule has 0 heterocycles. The van der Waals surface area contributed by atoms with Crippen molar-refractivity contribution in [2.45, 2.75) is 207 Å². The Labute approximate surface area is 338 Å². The minimum absolute atomic E-state index is 0.0922. The van der Waals surface area contributed by atoms with Crippen LogP contribution in [0.5, 0.6) is 0 Å². The second kappa shape index (κ2) is 43.6. The summed E-state index contributed by atoms with van der Waals surface area (Å²) < 4.78 is 16.7. The SMILES string of the molecule is CC\C=C/C=C\C=C/CCCCCCCCCC(=O)OCC(COC(=O)CCCCCC/C=C\CCCC)OC(=O)CCCCCCC/C=C\C/C=C\CC. The van der Waals surface area contributed by atoms with Gasteiger partial charge in [-0.25, -0.2) is 0 Å². The lowest BCUT2D eigenvalue weighted by molar-refractivity contribution is -0.167. The molecule has 55 heavy (non-hydrogen) atoms. The van der Waals surface area contributed by atoms with Crippen LogP contribution in [0.25, 0.3) is 0 Å². The van der Waals surface area contributed by atoms with Crippen LogP contribution in [0.2, 0.25) is 0 Å². The van der Waals surface area contributed by atoms with Gasteiger partial charge in [-0.15, -0.1) is 0 Å². The van der Waals surface area contributed by atoms with Gasteiger partial charge in [0.25, 0.3) is 0 Å². The minimum atomic E-state index is -0.789. The summed E-state index contributed by atoms with van der Waals surface area (Å²) in [6.07, 6.45) is 53.1. The lowest BCUT2D eigenvalue weighted by atomic mass is 10.1. The fraction of sp³-hybridized carbons (Fsp3) is 0.694. The molecule has 0 aliphatic carbocycles. The number of unbranched alkanes of at least 4 members (excludes halogenated alkanes) is 18. The number of esters is 3. The molecule has 0 aromatic rings. The second-order valence-corrected chi connectivity index (χ2v) is 14.6. The van der Waals surface area contributed by atoms with Gasteiger partial charge < -0.3 is 14.2 Å². The number of hydrogen-bond acceptors (Lipinski definition) is 6. The average molecular weight is 767 g/mol. The van der Waals surface area contributed by atoms with E-state index in [1.54, 1.807) is 0 Å². The van der Waals surface area contributed by atoms with E-state index in [2.05, 4.69) is 93.7 Å². The second-order valence-electron chi connectivity index (χ2n) is 14.6. The van der Waals surface area contributed by atoms with Crippen molar-refractivity contribution in [3.05, 3.63) is 72.9 Å². The molecular formula is C49H82O6. The van der Waals surface area contributed by atoms with Crippen LogP contribution in [0.1, 0.15) is 201 Å². The molecule has 6 nitrogen and oxygen atoms in total. The smallest absolute Gasteiger partial charge is 0.306 e. The van der Waals surface area contributed by atoms with Gasteiger partial charge in [-0.1, -0.05) is 171 Å². The molecule has 1 atom stereocenters. The van der Waals surface area contributed by atoms with E-state index >= 15 is 0 Å². The average Bonchev–Trinajstić information content (AvgIpc) is 3.18. The summed E-state index contributed by atoms with van der Waals surface area (Å²) >= 11 is 0. The summed E-state index contributed by atoms with van der Waals surface area (Å²) in [7, 11) is 0. The first-order valence-corrected chi connectivity index (χ1v) is 22.5. The van der Waals surface area contributed by atoms with Gasteiger partial charge in [0, 0.05) is 19.3 Å². The molecule has 0 aliphatic rings. The largest absolute Gasteiger partial charge is 0.462 e. The predicted molar refractivity (Wildman–Crippen MR) is 233 cm³/mol. The van der Waals surface area contributed by atoms with Gasteiger partial charge in [-0.05, 0) is 83.5 Å². The van der Waals surface area contributed by atoms with E-state index in [4.69, 9.17) is 14.2 Å². The highest BCUT2D eigenvalue weighted by atomic mass is 16.6. The van der Waals surface area contributed by atoms with Gasteiger partial charge in [0.05, 0.1) is 0 Å². The van der Waals surface area contributed by atoms with E-state index in [1.165, 1.54) is 38.5 Å². The van der Waals surface area contributed by atoms with Crippen molar-refractivity contribution in [1.82, 2.24) is 0 Å². The summed E-state index contributed by atoms with van der Waals surface area (Å²) in [5.41, 5.74) is 0. The Kier molecular flexibility index (Phi) is 41.1. The number of ether oxygens (including phenoxy) is 3. The first kappa shape index (κ1) is 51.9. The van der Waals surface area contributed by atoms with Crippen LogP contribution < -0.4 is 0 Å². The highest BCUT2D eigenvalue weighted by Crippen LogP contribution is 2.13. The van der Waals surface area contributed by atoms with Crippen LogP contribution in [-0.4, -0.2) is 37.2 Å². The Morgan fingerprint density at radius 2 is 0.800 bits per heavy atom. The molecular weight excluding hydrogens is 685 g/mol. The highest BCUT2D eigenvalue weighted by molar-refractivity contribution is 5.71. The van der Waals surface area contributed by atoms with Crippen molar-refractivity contribution in [3.8, 4) is 0 Å². The summed E-state index contributed by atoms with van der Waals surface area (Å²) in [4.78, 5) is 37.7. The van der Waals surface area contributed by atoms with Crippen molar-refractivity contribution in [2.24, 2.45) is 0 Å². The maximum Gasteiger partial charge on any atom is 0.306 e. The lowest BCUT2D eigenvalue weighted by Gasteiger charge is -2.18. The first-order chi connectivity index (χ1) is 27.0. The molecule has 0 aromatic carbocycles. The minimum Gasteiger partial charge on any atom is -0.462 e. The number of allylic oxidation sites excluding steroid dienone is 12. The zero-order valence-corrected chi connectivity index (χ0v) is 35.7. The van der Waals surface area contributed by atoms with Crippen LogP contribution in [0, 0.1) is 0 Å². The molecule has 0 N–H and O–H groups in total. The lowest BCUT2D eigenvalue weighted by Crippen LogP contribution is -2.30. The highest BCUT2D eigenvalue weighted by Gasteiger charge is 2.19. The molecule has 0 bridgehead atoms. The van der Waals surface area contributed by atoms with Crippen molar-refractivity contribution < 1.29 is 28.6 Å². The molecule has 1 unspecified atom stereocenters. The van der Waals surface area contributed by atoms with E-state index in [0.29, 0.717) is 19.3 Å². The first-order valence-electron chi connectivity index (χ1n) is 22.5. The Balaban J connectivity index is 4.42. The van der Waals surface area contributed by atoms with Crippen LogP contribution in [-0.2, 0) is 28.6 Å². The van der Waals surface area contributed by atoms with E-state index in [1.807, 2.05) is 0 Å². The maximum absolute atomic E-state index is 12.7. The zero-order valence-electron chi connectivity index (χ0n) is 35.7. The monoisotopic (exact) mass is 767 g/mol. The van der Waals surface area contributed by atoms with E-state index in [-0.39, 0.29) is 31.1 Å². The van der Waals surface area contributed by atoms with E-state index < -0.39 is 6.10 Å². The molecule has 0 aromatic heterocycles. The van der Waals surface area contributed by atoms with Gasteiger partial charge in [0.15, 0.2) is 6.10 Å². The van der Waals surface area contributed by atoms with Crippen LogP contribution >= 0.6 is 0 Å². The summed E-state index contributed by atoms with van der Waals surface area (Å²) in [6.45, 7) is 6.30. The van der Waals surface area contributed by atoms with E-state index in [0.717, 1.165) is 122 Å². The standard InChI is InChI=1S/C49H82O6/c1-4-7-10-13-16-19-22-24-25-26-28-30-33-36-39-42-48(51)54-45-46(44-53-47(50)41-38-35-32-29-21-18-15-12-9-6-3)55-49(52)43-40-37-34-31-27-23-20-17-14-11-8-5-2/h7-8,10-11,13,15-20,22,46H,4-6,9,12,14,21,23-45H2,1-3H3/b10-7-,11-8-,16-13-,18-15-,20-17-,22-19-. The Morgan fingerprint density at radius 1 is 0.400 bits per heavy atom. The van der Waals surface area contributed by atoms with Crippen molar-refractivity contribution >= 4 is 17.9 Å². The van der Waals surface area contributed by atoms with Crippen LogP contribution in [0.4, 0.5) is 0 Å². The predicted octanol–water partition coefficient (Wildman–Crippen LogP) is 14.3. The van der Waals surface area contributed by atoms with Crippen molar-refractivity contribution in [2.75, 3.05) is 13.2 Å². The third kappa shape index (κ3) is 41.8. The van der Waals surface area contributed by atoms with Gasteiger partial charge in [-0.2, -0.15) is 0 Å². The number of carbonyl (C=O) groups excluding carboxylic acids is 3. The molecule has 0 saturated carbocycles. The zero-order chi connectivity index (χ0) is 40.1. The van der Waals surface area contributed by atoms with Gasteiger partial charge in [-0.3, -0.25) is 14.4 Å². The van der Waals surface area contributed by atoms with Gasteiger partial charge in [0.1, 0.15) is 13.2 Å². The molecule has 0 rings (SSSR count). The number of carbonyl (C=O) groups is 3. The summed E-state index contributed by atoms with van der Waals surface area (Å²) in [5, 5.41) is 0. The maximum atomic E-state index is 12.7.